The maximum Gasteiger partial charge on any atom is 0.217 e. The minimum Gasteiger partial charge on any atom is -0.440 e. The van der Waals surface area contributed by atoms with Gasteiger partial charge in [-0.05, 0) is 12.1 Å². The predicted octanol–water partition coefficient (Wildman–Crippen LogP) is 2.04. The van der Waals surface area contributed by atoms with Crippen LogP contribution in [0.3, 0.4) is 0 Å². The van der Waals surface area contributed by atoms with E-state index in [1.807, 2.05) is 31.2 Å². The summed E-state index contributed by atoms with van der Waals surface area (Å²) in [6.45, 7) is 2.05. The number of nitrogens with zero attached hydrogens (tertiary/aromatic N) is 2. The molecule has 0 unspecified atom stereocenters. The average molecular weight is 321 g/mol. The van der Waals surface area contributed by atoms with Gasteiger partial charge >= 0.3 is 0 Å². The van der Waals surface area contributed by atoms with Gasteiger partial charge in [-0.3, -0.25) is 0 Å². The van der Waals surface area contributed by atoms with Crippen molar-refractivity contribution >= 4 is 21.1 Å². The first-order valence-electron chi connectivity index (χ1n) is 6.75. The van der Waals surface area contributed by atoms with Crippen LogP contribution >= 0.6 is 0 Å². The Bertz CT molecular complexity index is 822. The molecule has 116 valence electrons. The largest absolute Gasteiger partial charge is 0.440 e. The maximum absolute atomic E-state index is 12.0. The van der Waals surface area contributed by atoms with Crippen LogP contribution in [0.1, 0.15) is 24.4 Å². The van der Waals surface area contributed by atoms with E-state index in [4.69, 9.17) is 4.42 Å². The molecule has 2 aromatic heterocycles. The molecule has 0 radical (unpaired) electrons. The first-order chi connectivity index (χ1) is 10.5. The van der Waals surface area contributed by atoms with Gasteiger partial charge in [-0.1, -0.05) is 24.2 Å². The van der Waals surface area contributed by atoms with Crippen molar-refractivity contribution in [2.45, 2.75) is 18.6 Å². The Morgan fingerprint density at radius 2 is 2.09 bits per heavy atom. The smallest absolute Gasteiger partial charge is 0.217 e. The van der Waals surface area contributed by atoms with Gasteiger partial charge in [-0.15, -0.1) is 0 Å². The number of hydrogen-bond acceptors (Lipinski definition) is 6. The van der Waals surface area contributed by atoms with Gasteiger partial charge in [0.2, 0.25) is 10.0 Å². The average Bonchev–Trinajstić information content (AvgIpc) is 3.13. The molecule has 0 fully saturated rings. The number of oxazole rings is 1. The molecule has 1 N–H and O–H groups in total. The van der Waals surface area contributed by atoms with Gasteiger partial charge in [0, 0.05) is 18.5 Å². The second-order valence-corrected chi connectivity index (χ2v) is 6.83. The van der Waals surface area contributed by atoms with Crippen molar-refractivity contribution < 1.29 is 17.4 Å². The topological polar surface area (TPSA) is 98.2 Å². The van der Waals surface area contributed by atoms with Crippen molar-refractivity contribution in [3.05, 3.63) is 48.2 Å². The summed E-state index contributed by atoms with van der Waals surface area (Å²) in [5.74, 6) is 0.105. The van der Waals surface area contributed by atoms with Crippen LogP contribution in [0.25, 0.3) is 11.1 Å². The van der Waals surface area contributed by atoms with Crippen LogP contribution in [0.2, 0.25) is 0 Å². The van der Waals surface area contributed by atoms with Crippen molar-refractivity contribution in [2.75, 3.05) is 6.54 Å². The van der Waals surface area contributed by atoms with E-state index in [9.17, 15) is 8.42 Å². The minimum absolute atomic E-state index is 0.181. The molecular formula is C14H15N3O4S. The lowest BCUT2D eigenvalue weighted by atomic mass is 10.2. The molecule has 0 saturated carbocycles. The highest BCUT2D eigenvalue weighted by Gasteiger charge is 2.18. The summed E-state index contributed by atoms with van der Waals surface area (Å²) in [6.07, 6.45) is 1.34. The molecule has 0 amide bonds. The van der Waals surface area contributed by atoms with Gasteiger partial charge in [0.05, 0.1) is 5.69 Å². The van der Waals surface area contributed by atoms with Crippen LogP contribution in [0.4, 0.5) is 0 Å². The van der Waals surface area contributed by atoms with E-state index in [1.54, 1.807) is 0 Å². The quantitative estimate of drug-likeness (QED) is 0.746. The number of sulfonamides is 1. The molecule has 0 aliphatic heterocycles. The second-order valence-electron chi connectivity index (χ2n) is 5.02. The normalized spacial score (nSPS) is 13.5. The Morgan fingerprint density at radius 1 is 1.27 bits per heavy atom. The van der Waals surface area contributed by atoms with Gasteiger partial charge < -0.3 is 8.94 Å². The van der Waals surface area contributed by atoms with E-state index < -0.39 is 10.0 Å². The summed E-state index contributed by atoms with van der Waals surface area (Å²) < 4.78 is 36.7. The summed E-state index contributed by atoms with van der Waals surface area (Å²) in [4.78, 5) is 4.36. The molecule has 0 aliphatic carbocycles. The fraction of sp³-hybridized carbons (Fsp3) is 0.286. The van der Waals surface area contributed by atoms with Crippen molar-refractivity contribution in [2.24, 2.45) is 0 Å². The molecule has 2 heterocycles. The summed E-state index contributed by atoms with van der Waals surface area (Å²) in [5.41, 5.74) is 1.81. The lowest BCUT2D eigenvalue weighted by molar-refractivity contribution is 0.413. The van der Waals surface area contributed by atoms with Crippen molar-refractivity contribution in [1.82, 2.24) is 14.9 Å². The lowest BCUT2D eigenvalue weighted by Gasteiger charge is -2.09. The third-order valence-corrected chi connectivity index (χ3v) is 4.45. The molecule has 1 atom stereocenters. The third kappa shape index (κ3) is 3.34. The van der Waals surface area contributed by atoms with Crippen LogP contribution in [0.5, 0.6) is 0 Å². The zero-order valence-corrected chi connectivity index (χ0v) is 12.7. The molecule has 0 aliphatic rings. The summed E-state index contributed by atoms with van der Waals surface area (Å²) in [6, 6.07) is 8.93. The van der Waals surface area contributed by atoms with Gasteiger partial charge in [0.15, 0.2) is 11.5 Å². The number of aromatic nitrogens is 2. The molecule has 3 aromatic rings. The molecule has 0 bridgehead atoms. The van der Waals surface area contributed by atoms with Crippen molar-refractivity contribution in [1.29, 1.82) is 0 Å². The minimum atomic E-state index is -3.48. The number of benzene rings is 1. The van der Waals surface area contributed by atoms with Gasteiger partial charge in [0.25, 0.3) is 0 Å². The van der Waals surface area contributed by atoms with Crippen LogP contribution in [-0.2, 0) is 15.8 Å². The van der Waals surface area contributed by atoms with E-state index in [-0.39, 0.29) is 18.2 Å². The number of nitrogens with one attached hydrogen (secondary N) is 1. The highest BCUT2D eigenvalue weighted by Crippen LogP contribution is 2.20. The van der Waals surface area contributed by atoms with Crippen LogP contribution in [0.15, 0.2) is 45.5 Å². The van der Waals surface area contributed by atoms with Crippen LogP contribution in [0, 0.1) is 0 Å². The summed E-state index contributed by atoms with van der Waals surface area (Å²) in [7, 11) is -3.48. The standard InChI is InChI=1S/C14H15N3O4S/c1-10(14-16-12-4-2-3-5-13(12)21-14)8-15-22(18,19)9-11-6-7-20-17-11/h2-7,10,15H,8-9H2,1H3/t10-/m0/s1. The first kappa shape index (κ1) is 14.7. The van der Waals surface area contributed by atoms with Gasteiger partial charge in [0.1, 0.15) is 17.5 Å². The number of hydrogen-bond donors (Lipinski definition) is 1. The monoisotopic (exact) mass is 321 g/mol. The van der Waals surface area contributed by atoms with Gasteiger partial charge in [-0.25, -0.2) is 18.1 Å². The fourth-order valence-electron chi connectivity index (χ4n) is 2.00. The Balaban J connectivity index is 1.65. The summed E-state index contributed by atoms with van der Waals surface area (Å²) >= 11 is 0. The van der Waals surface area contributed by atoms with Gasteiger partial charge in [-0.2, -0.15) is 0 Å². The molecule has 1 aromatic carbocycles. The SMILES string of the molecule is C[C@@H](CNS(=O)(=O)Cc1ccon1)c1nc2ccccc2o1. The highest BCUT2D eigenvalue weighted by molar-refractivity contribution is 7.88. The second kappa shape index (κ2) is 5.90. The number of rotatable bonds is 6. The number of para-hydroxylation sites is 2. The lowest BCUT2D eigenvalue weighted by Crippen LogP contribution is -2.29. The molecule has 7 nitrogen and oxygen atoms in total. The van der Waals surface area contributed by atoms with E-state index >= 15 is 0 Å². The van der Waals surface area contributed by atoms with E-state index in [0.29, 0.717) is 17.2 Å². The fourth-order valence-corrected chi connectivity index (χ4v) is 3.14. The Labute approximate surface area is 127 Å². The van der Waals surface area contributed by atoms with E-state index in [2.05, 4.69) is 19.4 Å². The molecule has 22 heavy (non-hydrogen) atoms. The molecule has 0 saturated heterocycles. The molecule has 8 heteroatoms. The van der Waals surface area contributed by atoms with E-state index in [0.717, 1.165) is 5.52 Å². The highest BCUT2D eigenvalue weighted by atomic mass is 32.2. The molecular weight excluding hydrogens is 306 g/mol. The van der Waals surface area contributed by atoms with Crippen LogP contribution in [-0.4, -0.2) is 25.1 Å². The summed E-state index contributed by atoms with van der Waals surface area (Å²) in [5, 5.41) is 3.59. The number of fused-ring (bicyclic) bond motifs is 1. The first-order valence-corrected chi connectivity index (χ1v) is 8.41. The molecule has 3 rings (SSSR count). The Hall–Kier alpha value is -2.19. The van der Waals surface area contributed by atoms with Crippen molar-refractivity contribution in [3.63, 3.8) is 0 Å². The maximum atomic E-state index is 12.0. The predicted molar refractivity (Wildman–Crippen MR) is 79.6 cm³/mol. The zero-order valence-electron chi connectivity index (χ0n) is 11.9. The van der Waals surface area contributed by atoms with Crippen LogP contribution < -0.4 is 4.72 Å². The molecule has 0 spiro atoms. The van der Waals surface area contributed by atoms with E-state index in [1.165, 1.54) is 12.3 Å². The Morgan fingerprint density at radius 3 is 2.82 bits per heavy atom. The van der Waals surface area contributed by atoms with Crippen molar-refractivity contribution in [3.8, 4) is 0 Å². The third-order valence-electron chi connectivity index (χ3n) is 3.17. The Kier molecular flexibility index (Phi) is 3.95. The zero-order chi connectivity index (χ0) is 15.6.